The van der Waals surface area contributed by atoms with Crippen molar-refractivity contribution in [1.29, 1.82) is 0 Å². The van der Waals surface area contributed by atoms with E-state index in [1.165, 1.54) is 25.7 Å². The van der Waals surface area contributed by atoms with Gasteiger partial charge in [-0.2, -0.15) is 0 Å². The van der Waals surface area contributed by atoms with Gasteiger partial charge in [0.25, 0.3) is 0 Å². The van der Waals surface area contributed by atoms with Crippen molar-refractivity contribution in [1.82, 2.24) is 5.32 Å². The average molecular weight is 242 g/mol. The molecular formula is C12H22N2OS. The summed E-state index contributed by atoms with van der Waals surface area (Å²) in [7, 11) is 0. The van der Waals surface area contributed by atoms with Gasteiger partial charge in [0.1, 0.15) is 0 Å². The second-order valence-corrected chi connectivity index (χ2v) is 5.06. The highest BCUT2D eigenvalue weighted by Gasteiger charge is 2.19. The molecule has 16 heavy (non-hydrogen) atoms. The molecule has 0 aromatic rings. The molecule has 1 unspecified atom stereocenters. The Kier molecular flexibility index (Phi) is 5.74. The number of hydrogen-bond donors (Lipinski definition) is 2. The second-order valence-electron chi connectivity index (χ2n) is 4.59. The van der Waals surface area contributed by atoms with Gasteiger partial charge < -0.3 is 11.1 Å². The Balaban J connectivity index is 2.20. The van der Waals surface area contributed by atoms with E-state index in [1.807, 2.05) is 6.92 Å². The molecule has 4 heteroatoms. The molecule has 1 amide bonds. The third-order valence-electron chi connectivity index (χ3n) is 3.39. The predicted octanol–water partition coefficient (Wildman–Crippen LogP) is 2.00. The standard InChI is InChI=1S/C12H22N2OS/c1-2-10(11(13)16)12(15)14-8-7-9-5-3-4-6-9/h9-10H,2-8H2,1H3,(H2,13,16)(H,14,15). The maximum Gasteiger partial charge on any atom is 0.229 e. The Morgan fingerprint density at radius 1 is 1.50 bits per heavy atom. The van der Waals surface area contributed by atoms with Crippen LogP contribution >= 0.6 is 12.2 Å². The smallest absolute Gasteiger partial charge is 0.229 e. The average Bonchev–Trinajstić information content (AvgIpc) is 2.71. The molecule has 92 valence electrons. The first-order valence-electron chi connectivity index (χ1n) is 6.22. The number of nitrogens with two attached hydrogens (primary N) is 1. The van der Waals surface area contributed by atoms with Gasteiger partial charge >= 0.3 is 0 Å². The summed E-state index contributed by atoms with van der Waals surface area (Å²) < 4.78 is 0. The lowest BCUT2D eigenvalue weighted by Crippen LogP contribution is -2.38. The van der Waals surface area contributed by atoms with Crippen molar-refractivity contribution < 1.29 is 4.79 Å². The number of carbonyl (C=O) groups excluding carboxylic acids is 1. The number of amides is 1. The van der Waals surface area contributed by atoms with Gasteiger partial charge in [-0.3, -0.25) is 4.79 Å². The van der Waals surface area contributed by atoms with E-state index in [4.69, 9.17) is 18.0 Å². The fourth-order valence-corrected chi connectivity index (χ4v) is 2.61. The minimum Gasteiger partial charge on any atom is -0.393 e. The van der Waals surface area contributed by atoms with Crippen LogP contribution in [0.15, 0.2) is 0 Å². The van der Waals surface area contributed by atoms with Crippen molar-refractivity contribution in [3.63, 3.8) is 0 Å². The van der Waals surface area contributed by atoms with Crippen LogP contribution in [0.1, 0.15) is 45.4 Å². The summed E-state index contributed by atoms with van der Waals surface area (Å²) >= 11 is 4.87. The zero-order valence-electron chi connectivity index (χ0n) is 10.00. The molecule has 1 aliphatic carbocycles. The molecule has 1 fully saturated rings. The molecule has 3 nitrogen and oxygen atoms in total. The summed E-state index contributed by atoms with van der Waals surface area (Å²) in [5.74, 6) is 0.511. The molecule has 0 aromatic carbocycles. The lowest BCUT2D eigenvalue weighted by Gasteiger charge is -2.14. The van der Waals surface area contributed by atoms with Crippen molar-refractivity contribution in [2.75, 3.05) is 6.54 Å². The van der Waals surface area contributed by atoms with E-state index in [1.54, 1.807) is 0 Å². The fraction of sp³-hybridized carbons (Fsp3) is 0.833. The van der Waals surface area contributed by atoms with Gasteiger partial charge in [-0.05, 0) is 18.8 Å². The molecule has 1 saturated carbocycles. The van der Waals surface area contributed by atoms with E-state index in [0.717, 1.165) is 18.9 Å². The third kappa shape index (κ3) is 4.08. The number of nitrogens with one attached hydrogen (secondary N) is 1. The van der Waals surface area contributed by atoms with Gasteiger partial charge in [-0.1, -0.05) is 44.8 Å². The Labute approximate surface area is 103 Å². The Morgan fingerprint density at radius 2 is 2.12 bits per heavy atom. The van der Waals surface area contributed by atoms with E-state index in [-0.39, 0.29) is 11.8 Å². The largest absolute Gasteiger partial charge is 0.393 e. The Bertz CT molecular complexity index is 249. The predicted molar refractivity (Wildman–Crippen MR) is 70.2 cm³/mol. The van der Waals surface area contributed by atoms with Crippen LogP contribution in [0, 0.1) is 11.8 Å². The molecule has 0 aromatic heterocycles. The van der Waals surface area contributed by atoms with Crippen molar-refractivity contribution in [3.8, 4) is 0 Å². The summed E-state index contributed by atoms with van der Waals surface area (Å²) in [6.45, 7) is 2.70. The quantitative estimate of drug-likeness (QED) is 0.700. The molecule has 0 spiro atoms. The molecule has 0 radical (unpaired) electrons. The van der Waals surface area contributed by atoms with Crippen LogP contribution in [0.25, 0.3) is 0 Å². The summed E-state index contributed by atoms with van der Waals surface area (Å²) in [5, 5.41) is 2.94. The maximum absolute atomic E-state index is 11.7. The normalized spacial score (nSPS) is 18.3. The highest BCUT2D eigenvalue weighted by molar-refractivity contribution is 7.80. The number of rotatable bonds is 6. The van der Waals surface area contributed by atoms with Crippen LogP contribution in [-0.4, -0.2) is 17.4 Å². The molecule has 1 rings (SSSR count). The zero-order valence-corrected chi connectivity index (χ0v) is 10.8. The van der Waals surface area contributed by atoms with Gasteiger partial charge in [-0.25, -0.2) is 0 Å². The van der Waals surface area contributed by atoms with Crippen LogP contribution < -0.4 is 11.1 Å². The molecule has 1 aliphatic rings. The molecular weight excluding hydrogens is 220 g/mol. The van der Waals surface area contributed by atoms with Crippen molar-refractivity contribution in [2.45, 2.75) is 45.4 Å². The molecule has 0 saturated heterocycles. The first kappa shape index (κ1) is 13.4. The minimum absolute atomic E-state index is 0.00648. The van der Waals surface area contributed by atoms with Crippen LogP contribution in [0.4, 0.5) is 0 Å². The van der Waals surface area contributed by atoms with Gasteiger partial charge in [0.2, 0.25) is 5.91 Å². The van der Waals surface area contributed by atoms with E-state index >= 15 is 0 Å². The van der Waals surface area contributed by atoms with Gasteiger partial charge in [0.05, 0.1) is 10.9 Å². The molecule has 1 atom stereocenters. The lowest BCUT2D eigenvalue weighted by molar-refractivity contribution is -0.123. The molecule has 0 heterocycles. The molecule has 3 N–H and O–H groups in total. The highest BCUT2D eigenvalue weighted by atomic mass is 32.1. The van der Waals surface area contributed by atoms with Gasteiger partial charge in [-0.15, -0.1) is 0 Å². The zero-order chi connectivity index (χ0) is 12.0. The summed E-state index contributed by atoms with van der Waals surface area (Å²) in [6, 6.07) is 0. The molecule has 0 aliphatic heterocycles. The van der Waals surface area contributed by atoms with Crippen LogP contribution in [-0.2, 0) is 4.79 Å². The number of thiocarbonyl (C=S) groups is 1. The fourth-order valence-electron chi connectivity index (χ4n) is 2.34. The first-order chi connectivity index (χ1) is 7.65. The van der Waals surface area contributed by atoms with Crippen molar-refractivity contribution >= 4 is 23.1 Å². The van der Waals surface area contributed by atoms with Gasteiger partial charge in [0, 0.05) is 6.54 Å². The summed E-state index contributed by atoms with van der Waals surface area (Å²) in [4.78, 5) is 12.0. The minimum atomic E-state index is -0.293. The van der Waals surface area contributed by atoms with Crippen molar-refractivity contribution in [2.24, 2.45) is 17.6 Å². The molecule has 0 bridgehead atoms. The maximum atomic E-state index is 11.7. The third-order valence-corrected chi connectivity index (χ3v) is 3.68. The van der Waals surface area contributed by atoms with E-state index < -0.39 is 0 Å². The van der Waals surface area contributed by atoms with Crippen LogP contribution in [0.5, 0.6) is 0 Å². The number of carbonyl (C=O) groups is 1. The topological polar surface area (TPSA) is 55.1 Å². The van der Waals surface area contributed by atoms with E-state index in [0.29, 0.717) is 11.4 Å². The van der Waals surface area contributed by atoms with Crippen molar-refractivity contribution in [3.05, 3.63) is 0 Å². The van der Waals surface area contributed by atoms with E-state index in [2.05, 4.69) is 5.32 Å². The monoisotopic (exact) mass is 242 g/mol. The highest BCUT2D eigenvalue weighted by Crippen LogP contribution is 2.26. The summed E-state index contributed by atoms with van der Waals surface area (Å²) in [6.07, 6.45) is 7.13. The van der Waals surface area contributed by atoms with Gasteiger partial charge in [0.15, 0.2) is 0 Å². The van der Waals surface area contributed by atoms with E-state index in [9.17, 15) is 4.79 Å². The Morgan fingerprint density at radius 3 is 2.62 bits per heavy atom. The Hall–Kier alpha value is -0.640. The second kappa shape index (κ2) is 6.84. The van der Waals surface area contributed by atoms with Crippen LogP contribution in [0.3, 0.4) is 0 Å². The van der Waals surface area contributed by atoms with Crippen LogP contribution in [0.2, 0.25) is 0 Å². The SMILES string of the molecule is CCC(C(=O)NCCC1CCCC1)C(N)=S. The lowest BCUT2D eigenvalue weighted by atomic mass is 10.0. The summed E-state index contributed by atoms with van der Waals surface area (Å²) in [5.41, 5.74) is 5.51. The number of hydrogen-bond acceptors (Lipinski definition) is 2. The first-order valence-corrected chi connectivity index (χ1v) is 6.63.